The van der Waals surface area contributed by atoms with E-state index in [0.29, 0.717) is 13.1 Å². The third kappa shape index (κ3) is 4.21. The van der Waals surface area contributed by atoms with Crippen LogP contribution < -0.4 is 0 Å². The van der Waals surface area contributed by atoms with Crippen molar-refractivity contribution in [2.45, 2.75) is 19.1 Å². The maximum absolute atomic E-state index is 11.7. The van der Waals surface area contributed by atoms with Crippen LogP contribution in [0.2, 0.25) is 0 Å². The van der Waals surface area contributed by atoms with Crippen LogP contribution in [0.3, 0.4) is 0 Å². The molecule has 2 N–H and O–H groups in total. The molecular formula is C20H22N2O4. The standard InChI is InChI=1S/C20H22N2O4/c23-19(24)17-13-22(20(25)26)14-18(17)21(11-15-7-3-1-4-8-15)12-16-9-5-2-6-10-16/h1-10,17-18H,11-14H2,(H,23,24)(H,25,26)/t17-,18-/m1/s1. The zero-order valence-electron chi connectivity index (χ0n) is 14.4. The van der Waals surface area contributed by atoms with Gasteiger partial charge in [0.1, 0.15) is 0 Å². The molecule has 2 aromatic carbocycles. The second-order valence-corrected chi connectivity index (χ2v) is 6.58. The zero-order valence-corrected chi connectivity index (χ0v) is 14.4. The Hall–Kier alpha value is -2.86. The molecular weight excluding hydrogens is 332 g/mol. The van der Waals surface area contributed by atoms with E-state index in [9.17, 15) is 19.8 Å². The Morgan fingerprint density at radius 1 is 0.885 bits per heavy atom. The van der Waals surface area contributed by atoms with Gasteiger partial charge < -0.3 is 15.1 Å². The number of carboxylic acid groups (broad SMARTS) is 2. The summed E-state index contributed by atoms with van der Waals surface area (Å²) in [6.07, 6.45) is -1.07. The first-order chi connectivity index (χ1) is 12.5. The summed E-state index contributed by atoms with van der Waals surface area (Å²) in [4.78, 5) is 26.4. The van der Waals surface area contributed by atoms with Crippen LogP contribution >= 0.6 is 0 Å². The van der Waals surface area contributed by atoms with Gasteiger partial charge in [0.25, 0.3) is 0 Å². The van der Waals surface area contributed by atoms with E-state index in [1.807, 2.05) is 60.7 Å². The number of aliphatic carboxylic acids is 1. The summed E-state index contributed by atoms with van der Waals surface area (Å²) in [5, 5.41) is 18.9. The van der Waals surface area contributed by atoms with Gasteiger partial charge >= 0.3 is 12.1 Å². The molecule has 0 radical (unpaired) electrons. The van der Waals surface area contributed by atoms with Crippen LogP contribution in [0.15, 0.2) is 60.7 Å². The van der Waals surface area contributed by atoms with Crippen molar-refractivity contribution in [3.05, 3.63) is 71.8 Å². The number of hydrogen-bond donors (Lipinski definition) is 2. The van der Waals surface area contributed by atoms with Crippen LogP contribution in [-0.2, 0) is 17.9 Å². The number of carbonyl (C=O) groups is 2. The van der Waals surface area contributed by atoms with Crippen molar-refractivity contribution in [3.8, 4) is 0 Å². The van der Waals surface area contributed by atoms with Gasteiger partial charge in [-0.2, -0.15) is 0 Å². The first-order valence-electron chi connectivity index (χ1n) is 8.57. The highest BCUT2D eigenvalue weighted by Gasteiger charge is 2.42. The Kier molecular flexibility index (Phi) is 5.53. The second kappa shape index (κ2) is 8.01. The molecule has 3 rings (SSSR count). The zero-order chi connectivity index (χ0) is 18.5. The Labute approximate surface area is 152 Å². The molecule has 6 nitrogen and oxygen atoms in total. The smallest absolute Gasteiger partial charge is 0.407 e. The molecule has 6 heteroatoms. The van der Waals surface area contributed by atoms with Gasteiger partial charge in [-0.1, -0.05) is 60.7 Å². The number of carboxylic acids is 1. The maximum Gasteiger partial charge on any atom is 0.407 e. The number of hydrogen-bond acceptors (Lipinski definition) is 3. The highest BCUT2D eigenvalue weighted by Crippen LogP contribution is 2.26. The molecule has 1 aliphatic rings. The Bertz CT molecular complexity index is 709. The Balaban J connectivity index is 1.87. The minimum atomic E-state index is -1.07. The summed E-state index contributed by atoms with van der Waals surface area (Å²) in [7, 11) is 0. The Morgan fingerprint density at radius 2 is 1.38 bits per heavy atom. The SMILES string of the molecule is O=C(O)[C@@H]1CN(C(=O)O)C[C@H]1N(Cc1ccccc1)Cc1ccccc1. The third-order valence-corrected chi connectivity index (χ3v) is 4.80. The molecule has 0 saturated carbocycles. The lowest BCUT2D eigenvalue weighted by atomic mass is 10.0. The van der Waals surface area contributed by atoms with Crippen molar-refractivity contribution in [1.29, 1.82) is 0 Å². The first-order valence-corrected chi connectivity index (χ1v) is 8.57. The molecule has 1 fully saturated rings. The third-order valence-electron chi connectivity index (χ3n) is 4.80. The van der Waals surface area contributed by atoms with Gasteiger partial charge in [0.05, 0.1) is 5.92 Å². The largest absolute Gasteiger partial charge is 0.481 e. The quantitative estimate of drug-likeness (QED) is 0.834. The van der Waals surface area contributed by atoms with Gasteiger partial charge in [0, 0.05) is 32.2 Å². The first kappa shape index (κ1) is 17.9. The summed E-state index contributed by atoms with van der Waals surface area (Å²) in [6, 6.07) is 19.3. The number of rotatable bonds is 6. The van der Waals surface area contributed by atoms with E-state index in [0.717, 1.165) is 11.1 Å². The van der Waals surface area contributed by atoms with Crippen molar-refractivity contribution in [2.75, 3.05) is 13.1 Å². The molecule has 1 amide bonds. The molecule has 0 aliphatic carbocycles. The van der Waals surface area contributed by atoms with E-state index < -0.39 is 18.0 Å². The number of benzene rings is 2. The van der Waals surface area contributed by atoms with E-state index in [-0.39, 0.29) is 19.1 Å². The minimum absolute atomic E-state index is 0.0232. The van der Waals surface area contributed by atoms with Gasteiger partial charge in [-0.05, 0) is 11.1 Å². The van der Waals surface area contributed by atoms with E-state index >= 15 is 0 Å². The summed E-state index contributed by atoms with van der Waals surface area (Å²) >= 11 is 0. The van der Waals surface area contributed by atoms with Crippen molar-refractivity contribution < 1.29 is 19.8 Å². The molecule has 0 spiro atoms. The van der Waals surface area contributed by atoms with Crippen LogP contribution in [0.5, 0.6) is 0 Å². The van der Waals surface area contributed by atoms with E-state index in [4.69, 9.17) is 0 Å². The fourth-order valence-corrected chi connectivity index (χ4v) is 3.48. The lowest BCUT2D eigenvalue weighted by molar-refractivity contribution is -0.143. The fraction of sp³-hybridized carbons (Fsp3) is 0.300. The summed E-state index contributed by atoms with van der Waals surface area (Å²) in [5.41, 5.74) is 2.14. The van der Waals surface area contributed by atoms with Crippen LogP contribution in [0.25, 0.3) is 0 Å². The molecule has 0 aromatic heterocycles. The minimum Gasteiger partial charge on any atom is -0.481 e. The highest BCUT2D eigenvalue weighted by atomic mass is 16.4. The molecule has 1 aliphatic heterocycles. The molecule has 0 unspecified atom stereocenters. The predicted molar refractivity (Wildman–Crippen MR) is 96.6 cm³/mol. The van der Waals surface area contributed by atoms with Crippen LogP contribution in [0, 0.1) is 5.92 Å². The topological polar surface area (TPSA) is 81.1 Å². The Morgan fingerprint density at radius 3 is 1.81 bits per heavy atom. The average Bonchev–Trinajstić information content (AvgIpc) is 3.09. The monoisotopic (exact) mass is 354 g/mol. The van der Waals surface area contributed by atoms with Gasteiger partial charge in [0.2, 0.25) is 0 Å². The van der Waals surface area contributed by atoms with E-state index in [2.05, 4.69) is 4.90 Å². The second-order valence-electron chi connectivity index (χ2n) is 6.58. The van der Waals surface area contributed by atoms with Crippen LogP contribution in [0.4, 0.5) is 4.79 Å². The molecule has 2 atom stereocenters. The molecule has 26 heavy (non-hydrogen) atoms. The average molecular weight is 354 g/mol. The molecule has 2 aromatic rings. The lowest BCUT2D eigenvalue weighted by Gasteiger charge is -2.31. The van der Waals surface area contributed by atoms with E-state index in [1.165, 1.54) is 4.90 Å². The number of likely N-dealkylation sites (tertiary alicyclic amines) is 1. The van der Waals surface area contributed by atoms with Crippen molar-refractivity contribution in [2.24, 2.45) is 5.92 Å². The van der Waals surface area contributed by atoms with Crippen molar-refractivity contribution in [3.63, 3.8) is 0 Å². The van der Waals surface area contributed by atoms with E-state index in [1.54, 1.807) is 0 Å². The van der Waals surface area contributed by atoms with Gasteiger partial charge in [-0.15, -0.1) is 0 Å². The lowest BCUT2D eigenvalue weighted by Crippen LogP contribution is -2.42. The van der Waals surface area contributed by atoms with Crippen molar-refractivity contribution >= 4 is 12.1 Å². The molecule has 136 valence electrons. The van der Waals surface area contributed by atoms with Gasteiger partial charge in [0.15, 0.2) is 0 Å². The highest BCUT2D eigenvalue weighted by molar-refractivity contribution is 5.74. The molecule has 0 bridgehead atoms. The summed E-state index contributed by atoms with van der Waals surface area (Å²) in [6.45, 7) is 1.36. The molecule has 1 saturated heterocycles. The van der Waals surface area contributed by atoms with Gasteiger partial charge in [-0.25, -0.2) is 4.79 Å². The normalized spacial score (nSPS) is 19.7. The van der Waals surface area contributed by atoms with Crippen LogP contribution in [0.1, 0.15) is 11.1 Å². The van der Waals surface area contributed by atoms with Crippen molar-refractivity contribution in [1.82, 2.24) is 9.80 Å². The fourth-order valence-electron chi connectivity index (χ4n) is 3.48. The predicted octanol–water partition coefficient (Wildman–Crippen LogP) is 2.75. The number of amides is 1. The number of nitrogens with zero attached hydrogens (tertiary/aromatic N) is 2. The summed E-state index contributed by atoms with van der Waals surface area (Å²) in [5.74, 6) is -1.69. The summed E-state index contributed by atoms with van der Waals surface area (Å²) < 4.78 is 0. The van der Waals surface area contributed by atoms with Gasteiger partial charge in [-0.3, -0.25) is 9.69 Å². The van der Waals surface area contributed by atoms with Crippen LogP contribution in [-0.4, -0.2) is 51.2 Å². The molecule has 1 heterocycles. The maximum atomic E-state index is 11.7.